The molecule has 4 nitrogen and oxygen atoms in total. The van der Waals surface area contributed by atoms with Gasteiger partial charge in [-0.3, -0.25) is 0 Å². The Morgan fingerprint density at radius 1 is 0.860 bits per heavy atom. The fourth-order valence-electron chi connectivity index (χ4n) is 7.92. The lowest BCUT2D eigenvalue weighted by atomic mass is 10.0. The Hall–Kier alpha value is -1.23. The summed E-state index contributed by atoms with van der Waals surface area (Å²) >= 11 is 1.82. The Morgan fingerprint density at radius 3 is 1.93 bits per heavy atom. The van der Waals surface area contributed by atoms with Crippen molar-refractivity contribution in [3.63, 3.8) is 0 Å². The Morgan fingerprint density at radius 2 is 1.42 bits per heavy atom. The van der Waals surface area contributed by atoms with Gasteiger partial charge in [0, 0.05) is 21.4 Å². The molecule has 0 unspecified atom stereocenters. The highest BCUT2D eigenvalue weighted by Crippen LogP contribution is 2.56. The van der Waals surface area contributed by atoms with Gasteiger partial charge in [0.25, 0.3) is 0 Å². The summed E-state index contributed by atoms with van der Waals surface area (Å²) < 4.78 is 28.6. The summed E-state index contributed by atoms with van der Waals surface area (Å²) in [6, 6.07) is 13.5. The number of hydrogen-bond donors (Lipinski definition) is 0. The summed E-state index contributed by atoms with van der Waals surface area (Å²) in [6.45, 7) is 30.6. The Bertz CT molecular complexity index is 1210. The van der Waals surface area contributed by atoms with Crippen molar-refractivity contribution in [3.05, 3.63) is 63.4 Å². The molecular formula is C36H58O4SSi2. The summed E-state index contributed by atoms with van der Waals surface area (Å²) in [5.74, 6) is 0.913. The number of rotatable bonds is 9. The van der Waals surface area contributed by atoms with Gasteiger partial charge >= 0.3 is 8.56 Å². The number of hydrogen-bond acceptors (Lipinski definition) is 5. The third-order valence-corrected chi connectivity index (χ3v) is 22.1. The summed E-state index contributed by atoms with van der Waals surface area (Å²) in [5, 5.41) is -0.211. The lowest BCUT2D eigenvalue weighted by Crippen LogP contribution is -2.68. The lowest BCUT2D eigenvalue weighted by molar-refractivity contribution is -0.113. The van der Waals surface area contributed by atoms with Crippen LogP contribution in [-0.2, 0) is 30.9 Å². The first-order chi connectivity index (χ1) is 19.9. The minimum atomic E-state index is -2.71. The van der Waals surface area contributed by atoms with Crippen molar-refractivity contribution < 1.29 is 18.0 Å². The van der Waals surface area contributed by atoms with E-state index in [4.69, 9.17) is 18.0 Å². The van der Waals surface area contributed by atoms with Gasteiger partial charge in [0.1, 0.15) is 18.0 Å². The van der Waals surface area contributed by atoms with E-state index in [1.165, 1.54) is 16.0 Å². The van der Waals surface area contributed by atoms with Crippen LogP contribution in [0.15, 0.2) is 42.5 Å². The van der Waals surface area contributed by atoms with Crippen LogP contribution in [0.4, 0.5) is 0 Å². The quantitative estimate of drug-likeness (QED) is 0.255. The van der Waals surface area contributed by atoms with Gasteiger partial charge in [-0.05, 0) is 52.4 Å². The van der Waals surface area contributed by atoms with Gasteiger partial charge < -0.3 is 18.0 Å². The normalized spacial score (nSPS) is 23.0. The van der Waals surface area contributed by atoms with Crippen LogP contribution in [0.25, 0.3) is 5.76 Å². The Balaban J connectivity index is 1.74. The van der Waals surface area contributed by atoms with Crippen LogP contribution in [-0.4, -0.2) is 41.8 Å². The molecule has 0 N–H and O–H groups in total. The first kappa shape index (κ1) is 34.6. The fraction of sp³-hybridized carbons (Fsp3) is 0.667. The van der Waals surface area contributed by atoms with E-state index in [1.54, 1.807) is 0 Å². The summed E-state index contributed by atoms with van der Waals surface area (Å²) in [4.78, 5) is 2.49. The molecule has 1 saturated heterocycles. The number of benzene rings is 1. The van der Waals surface area contributed by atoms with Crippen molar-refractivity contribution in [1.82, 2.24) is 0 Å². The smallest absolute Gasteiger partial charge is 0.349 e. The van der Waals surface area contributed by atoms with Crippen LogP contribution in [0, 0.1) is 0 Å². The molecule has 0 bridgehead atoms. The van der Waals surface area contributed by atoms with Gasteiger partial charge in [0.15, 0.2) is 0 Å². The second-order valence-corrected chi connectivity index (χ2v) is 27.0. The van der Waals surface area contributed by atoms with Gasteiger partial charge in [-0.15, -0.1) is 11.3 Å². The zero-order chi connectivity index (χ0) is 32.0. The number of thiophene rings is 1. The zero-order valence-electron chi connectivity index (χ0n) is 29.2. The van der Waals surface area contributed by atoms with Gasteiger partial charge in [0.05, 0.1) is 17.6 Å². The summed E-state index contributed by atoms with van der Waals surface area (Å²) in [6.07, 6.45) is 3.67. The Kier molecular flexibility index (Phi) is 10.4. The van der Waals surface area contributed by atoms with E-state index >= 15 is 0 Å². The summed E-state index contributed by atoms with van der Waals surface area (Å²) in [5.41, 5.74) is 4.15. The molecule has 0 radical (unpaired) electrons. The predicted octanol–water partition coefficient (Wildman–Crippen LogP) is 10.7. The van der Waals surface area contributed by atoms with Crippen LogP contribution < -0.4 is 0 Å². The molecule has 2 aromatic rings. The van der Waals surface area contributed by atoms with Crippen LogP contribution in [0.5, 0.6) is 0 Å². The molecule has 0 spiro atoms. The van der Waals surface area contributed by atoms with E-state index in [2.05, 4.69) is 132 Å². The molecule has 1 aromatic heterocycles. The van der Waals surface area contributed by atoms with E-state index in [0.717, 1.165) is 23.5 Å². The van der Waals surface area contributed by atoms with Crippen LogP contribution in [0.1, 0.15) is 111 Å². The Labute approximate surface area is 269 Å². The molecule has 0 aliphatic carbocycles. The zero-order valence-corrected chi connectivity index (χ0v) is 32.0. The third-order valence-electron chi connectivity index (χ3n) is 9.77. The van der Waals surface area contributed by atoms with E-state index in [0.29, 0.717) is 23.2 Å². The minimum Gasteiger partial charge on any atom is -0.484 e. The van der Waals surface area contributed by atoms with Crippen LogP contribution in [0.2, 0.25) is 26.7 Å². The van der Waals surface area contributed by atoms with Crippen molar-refractivity contribution in [2.75, 3.05) is 6.61 Å². The molecular weight excluding hydrogens is 585 g/mol. The van der Waals surface area contributed by atoms with Gasteiger partial charge in [0.2, 0.25) is 8.32 Å². The predicted molar refractivity (Wildman–Crippen MR) is 188 cm³/mol. The first-order valence-corrected chi connectivity index (χ1v) is 21.3. The molecule has 0 saturated carbocycles. The van der Waals surface area contributed by atoms with Gasteiger partial charge in [-0.1, -0.05) is 114 Å². The standard InChI is InChI=1S/C36H58O4SSi2/c1-14-27-15-17-28(18-16-27)21-29-19-20-33(41-29)30-22-31(39-42(24(2)3,25(4)5)26(6)7)34-32(38-30)23-37-43(40-34,35(8,9)10)36(11,12)13/h15-20,22,24-26,31-32,34H,14,21,23H2,1-13H3/t31-,32-,34+/m1/s1. The van der Waals surface area contributed by atoms with Crippen molar-refractivity contribution in [2.24, 2.45) is 0 Å². The maximum Gasteiger partial charge on any atom is 0.349 e. The van der Waals surface area contributed by atoms with Crippen LogP contribution in [0.3, 0.4) is 0 Å². The average molecular weight is 643 g/mol. The fourth-order valence-corrected chi connectivity index (χ4v) is 19.4. The molecule has 4 rings (SSSR count). The molecule has 2 aliphatic rings. The number of ether oxygens (including phenoxy) is 1. The van der Waals surface area contributed by atoms with Gasteiger partial charge in [-0.2, -0.15) is 0 Å². The molecule has 3 heterocycles. The lowest BCUT2D eigenvalue weighted by Gasteiger charge is -2.57. The number of fused-ring (bicyclic) bond motifs is 1. The molecule has 43 heavy (non-hydrogen) atoms. The average Bonchev–Trinajstić information content (AvgIpc) is 3.38. The van der Waals surface area contributed by atoms with Crippen molar-refractivity contribution >= 4 is 34.0 Å². The number of aryl methyl sites for hydroxylation is 1. The van der Waals surface area contributed by atoms with Crippen molar-refractivity contribution in [3.8, 4) is 0 Å². The highest BCUT2D eigenvalue weighted by atomic mass is 32.1. The molecule has 2 aliphatic heterocycles. The first-order valence-electron chi connectivity index (χ1n) is 16.5. The minimum absolute atomic E-state index is 0.106. The highest BCUT2D eigenvalue weighted by Gasteiger charge is 2.64. The maximum atomic E-state index is 7.56. The molecule has 0 amide bonds. The maximum absolute atomic E-state index is 7.56. The largest absolute Gasteiger partial charge is 0.484 e. The van der Waals surface area contributed by atoms with Gasteiger partial charge in [-0.25, -0.2) is 0 Å². The molecule has 3 atom stereocenters. The SMILES string of the molecule is CCc1ccc(Cc2ccc(C3=C[C@@H](O[Si](C(C)C)(C(C)C)C(C)C)[C@@H]4O[Si](C(C)(C)C)(C(C)(C)C)OC[C@H]4O3)s2)cc1. The molecule has 1 aromatic carbocycles. The van der Waals surface area contributed by atoms with E-state index in [-0.39, 0.29) is 28.4 Å². The highest BCUT2D eigenvalue weighted by molar-refractivity contribution is 7.13. The van der Waals surface area contributed by atoms with E-state index < -0.39 is 16.9 Å². The summed E-state index contributed by atoms with van der Waals surface area (Å²) in [7, 11) is -4.93. The van der Waals surface area contributed by atoms with Crippen molar-refractivity contribution in [1.29, 1.82) is 0 Å². The van der Waals surface area contributed by atoms with E-state index in [9.17, 15) is 0 Å². The van der Waals surface area contributed by atoms with Crippen LogP contribution >= 0.6 is 11.3 Å². The molecule has 240 valence electrons. The molecule has 1 fully saturated rings. The van der Waals surface area contributed by atoms with Crippen molar-refractivity contribution in [2.45, 2.75) is 148 Å². The molecule has 7 heteroatoms. The van der Waals surface area contributed by atoms with E-state index in [1.807, 2.05) is 11.3 Å². The monoisotopic (exact) mass is 642 g/mol. The third kappa shape index (κ3) is 6.68. The second-order valence-electron chi connectivity index (χ2n) is 15.7. The topological polar surface area (TPSA) is 36.9 Å². The second kappa shape index (κ2) is 12.9.